The molecule has 0 amide bonds. The zero-order chi connectivity index (χ0) is 13.9. The third-order valence-electron chi connectivity index (χ3n) is 1.99. The molecule has 0 spiro atoms. The van der Waals surface area contributed by atoms with Crippen molar-refractivity contribution in [2.45, 2.75) is 12.1 Å². The number of aliphatic hydroxyl groups excluding tert-OH is 1. The van der Waals surface area contributed by atoms with Crippen molar-refractivity contribution in [1.29, 1.82) is 0 Å². The van der Waals surface area contributed by atoms with Gasteiger partial charge in [0.1, 0.15) is 13.5 Å². The van der Waals surface area contributed by atoms with Crippen LogP contribution in [0.15, 0.2) is 18.2 Å². The Morgan fingerprint density at radius 1 is 1.56 bits per heavy atom. The first kappa shape index (κ1) is 9.44. The van der Waals surface area contributed by atoms with Crippen LogP contribution in [-0.4, -0.2) is 34.4 Å². The maximum atomic E-state index is 11.4. The molecule has 0 fully saturated rings. The molecule has 0 aliphatic rings. The minimum atomic E-state index is -2.43. The molecule has 88 valence electrons. The average Bonchev–Trinajstić information content (AvgIpc) is 2.39. The van der Waals surface area contributed by atoms with Gasteiger partial charge < -0.3 is 25.8 Å². The van der Waals surface area contributed by atoms with Gasteiger partial charge in [0, 0.05) is 0 Å². The molecule has 0 saturated heterocycles. The lowest BCUT2D eigenvalue weighted by Gasteiger charge is -2.17. The summed E-state index contributed by atoms with van der Waals surface area (Å²) in [5, 5.41) is 28.3. The molecule has 0 saturated carbocycles. The summed E-state index contributed by atoms with van der Waals surface area (Å²) in [6, 6.07) is 0.862. The highest BCUT2D eigenvalue weighted by Crippen LogP contribution is 2.28. The van der Waals surface area contributed by atoms with E-state index in [-0.39, 0.29) is 5.56 Å². The van der Waals surface area contributed by atoms with Crippen molar-refractivity contribution in [2.24, 2.45) is 5.73 Å². The summed E-state index contributed by atoms with van der Waals surface area (Å²) in [5.74, 6) is -2.07. The first-order valence-electron chi connectivity index (χ1n) is 5.34. The van der Waals surface area contributed by atoms with Crippen LogP contribution in [0.4, 0.5) is 0 Å². The van der Waals surface area contributed by atoms with Gasteiger partial charge >= 0.3 is 5.97 Å². The second-order valence-corrected chi connectivity index (χ2v) is 3.06. The highest BCUT2D eigenvalue weighted by Gasteiger charge is 2.25. The number of benzene rings is 1. The summed E-state index contributed by atoms with van der Waals surface area (Å²) in [6.45, 7) is 0. The first-order chi connectivity index (χ1) is 8.36. The van der Waals surface area contributed by atoms with Crippen LogP contribution in [0.3, 0.4) is 0 Å². The fourth-order valence-corrected chi connectivity index (χ4v) is 1.10. The van der Waals surface area contributed by atoms with Crippen LogP contribution in [0, 0.1) is 0 Å². The molecule has 0 aliphatic carbocycles. The number of phenolic OH excluding ortho intramolecular Hbond substituents is 2. The Labute approximate surface area is 94.8 Å². The Balaban J connectivity index is 3.14. The van der Waals surface area contributed by atoms with Gasteiger partial charge in [0.15, 0.2) is 11.5 Å². The predicted molar refractivity (Wildman–Crippen MR) is 54.7 cm³/mol. The largest absolute Gasteiger partial charge is 0.504 e. The molecule has 6 nitrogen and oxygen atoms in total. The number of hydrogen-bond acceptors (Lipinski definition) is 6. The summed E-state index contributed by atoms with van der Waals surface area (Å²) in [4.78, 5) is 11.4. The van der Waals surface area contributed by atoms with Gasteiger partial charge in [0.25, 0.3) is 0 Å². The highest BCUT2D eigenvalue weighted by molar-refractivity contribution is 5.76. The quantitative estimate of drug-likeness (QED) is 0.414. The topological polar surface area (TPSA) is 113 Å². The maximum Gasteiger partial charge on any atom is 0.325 e. The average molecular weight is 229 g/mol. The Morgan fingerprint density at radius 3 is 2.75 bits per heavy atom. The third-order valence-corrected chi connectivity index (χ3v) is 1.99. The van der Waals surface area contributed by atoms with Crippen LogP contribution in [0.1, 0.15) is 13.0 Å². The van der Waals surface area contributed by atoms with Crippen molar-refractivity contribution in [2.75, 3.05) is 7.11 Å². The molecular weight excluding hydrogens is 214 g/mol. The number of aromatic hydroxyl groups is 2. The lowest BCUT2D eigenvalue weighted by atomic mass is 10.0. The van der Waals surface area contributed by atoms with E-state index in [2.05, 4.69) is 4.74 Å². The zero-order valence-corrected chi connectivity index (χ0v) is 8.47. The van der Waals surface area contributed by atoms with E-state index in [0.717, 1.165) is 19.2 Å². The minimum Gasteiger partial charge on any atom is -0.504 e. The number of esters is 1. The van der Waals surface area contributed by atoms with Gasteiger partial charge in [-0.25, -0.2) is 0 Å². The van der Waals surface area contributed by atoms with Gasteiger partial charge in [0.05, 0.1) is 8.48 Å². The smallest absolute Gasteiger partial charge is 0.325 e. The van der Waals surface area contributed by atoms with E-state index in [1.54, 1.807) is 5.73 Å². The summed E-state index contributed by atoms with van der Waals surface area (Å²) in [6.07, 6.45) is -1.76. The van der Waals surface area contributed by atoms with Gasteiger partial charge in [-0.15, -0.1) is 0 Å². The number of carbonyl (C=O) groups is 1. The standard InChI is InChI=1S/C10H13NO5/c1-16-10(15)8(11)9(14)5-2-3-6(12)7(13)4-5/h2-4,8-9,12-14H,11H2,1H3/t8-,9+/m0/s1/i8D/hD. The summed E-state index contributed by atoms with van der Waals surface area (Å²) in [7, 11) is 1.02. The van der Waals surface area contributed by atoms with Crippen LogP contribution >= 0.6 is 0 Å². The first-order valence-corrected chi connectivity index (χ1v) is 4.34. The second kappa shape index (κ2) is 4.82. The molecular formula is C10H13NO5. The van der Waals surface area contributed by atoms with Crippen molar-refractivity contribution in [3.05, 3.63) is 23.8 Å². The molecule has 0 aliphatic heterocycles. The fraction of sp³-hybridized carbons (Fsp3) is 0.300. The number of rotatable bonds is 4. The third kappa shape index (κ3) is 2.41. The molecule has 2 atom stereocenters. The van der Waals surface area contributed by atoms with Crippen LogP contribution in [-0.2, 0) is 9.53 Å². The number of hydrogen-bond donors (Lipinski definition) is 4. The molecule has 0 bridgehead atoms. The van der Waals surface area contributed by atoms with Gasteiger partial charge in [-0.2, -0.15) is 0 Å². The summed E-state index contributed by atoms with van der Waals surface area (Å²) >= 11 is 0. The van der Waals surface area contributed by atoms with E-state index < -0.39 is 29.6 Å². The highest BCUT2D eigenvalue weighted by atomic mass is 16.5. The molecule has 16 heavy (non-hydrogen) atoms. The number of nitrogens with two attached hydrogens (primary N) is 1. The normalized spacial score (nSPS) is 17.9. The van der Waals surface area contributed by atoms with Gasteiger partial charge in [-0.3, -0.25) is 4.79 Å². The molecule has 0 heterocycles. The Hall–Kier alpha value is -1.79. The van der Waals surface area contributed by atoms with E-state index in [1.165, 1.54) is 6.07 Å². The van der Waals surface area contributed by atoms with Crippen molar-refractivity contribution < 1.29 is 27.6 Å². The molecule has 0 radical (unpaired) electrons. The molecule has 1 aromatic carbocycles. The van der Waals surface area contributed by atoms with Crippen molar-refractivity contribution in [1.82, 2.24) is 0 Å². The van der Waals surface area contributed by atoms with E-state index >= 15 is 0 Å². The summed E-state index contributed by atoms with van der Waals surface area (Å²) in [5.41, 5.74) is 1.59. The fourth-order valence-electron chi connectivity index (χ4n) is 1.10. The number of phenols is 2. The second-order valence-electron chi connectivity index (χ2n) is 3.06. The number of methoxy groups -OCH3 is 1. The van der Waals surface area contributed by atoms with Crippen LogP contribution in [0.5, 0.6) is 11.5 Å². The number of ether oxygens (including phenoxy) is 1. The van der Waals surface area contributed by atoms with Gasteiger partial charge in [-0.1, -0.05) is 6.07 Å². The van der Waals surface area contributed by atoms with E-state index in [9.17, 15) is 15.0 Å². The molecule has 1 rings (SSSR count). The monoisotopic (exact) mass is 229 g/mol. The molecule has 1 aromatic rings. The minimum absolute atomic E-state index is 0.0227. The van der Waals surface area contributed by atoms with Crippen LogP contribution < -0.4 is 5.73 Å². The Bertz CT molecular complexity index is 456. The van der Waals surface area contributed by atoms with Crippen molar-refractivity contribution >= 4 is 5.97 Å². The van der Waals surface area contributed by atoms with E-state index in [1.807, 2.05) is 0 Å². The number of carbonyl (C=O) groups excluding carboxylic acids is 1. The van der Waals surface area contributed by atoms with Crippen LogP contribution in [0.2, 0.25) is 1.41 Å². The van der Waals surface area contributed by atoms with Crippen molar-refractivity contribution in [3.63, 3.8) is 0 Å². The molecule has 6 heteroatoms. The lowest BCUT2D eigenvalue weighted by Crippen LogP contribution is -2.37. The van der Waals surface area contributed by atoms with Crippen LogP contribution in [0.25, 0.3) is 0 Å². The molecule has 5 N–H and O–H groups in total. The lowest BCUT2D eigenvalue weighted by molar-refractivity contribution is -0.145. The maximum absolute atomic E-state index is 11.4. The zero-order valence-electron chi connectivity index (χ0n) is 10.5. The summed E-state index contributed by atoms with van der Waals surface area (Å²) < 4.78 is 19.0. The Kier molecular flexibility index (Phi) is 2.84. The predicted octanol–water partition coefficient (Wildman–Crippen LogP) is -0.369. The Morgan fingerprint density at radius 2 is 2.25 bits per heavy atom. The van der Waals surface area contributed by atoms with E-state index in [4.69, 9.17) is 7.89 Å². The van der Waals surface area contributed by atoms with Gasteiger partial charge in [-0.05, 0) is 17.7 Å². The molecule has 0 unspecified atom stereocenters. The molecule has 0 aromatic heterocycles. The van der Waals surface area contributed by atoms with Crippen molar-refractivity contribution in [3.8, 4) is 11.5 Å². The van der Waals surface area contributed by atoms with Gasteiger partial charge in [0.2, 0.25) is 0 Å². The number of aliphatic hydroxyl groups is 1. The van der Waals surface area contributed by atoms with E-state index in [0.29, 0.717) is 0 Å². The SMILES string of the molecule is [2H]N[C@]([2H])(C(=O)OC)[C@H](O)c1ccc(O)c(O)c1.